The molecule has 1 aliphatic heterocycles. The standard InChI is InChI=1S/C28H33N3O/c1-22-18-24-12-16-31(21-26(24)19-25(22)20-29)17-15-28(13-6-3-7-14-28)30-27(32)11-10-23-8-4-2-5-9-23/h2,4-5,8-11,18-19H,3,6-7,12-17,21H2,1H3,(H,30,32)/b11-10+. The summed E-state index contributed by atoms with van der Waals surface area (Å²) >= 11 is 0. The number of carbonyl (C=O) groups excluding carboxylic acids is 1. The Morgan fingerprint density at radius 2 is 1.94 bits per heavy atom. The molecule has 1 heterocycles. The maximum absolute atomic E-state index is 12.8. The van der Waals surface area contributed by atoms with Gasteiger partial charge in [0.2, 0.25) is 5.91 Å². The Bertz CT molecular complexity index is 1010. The summed E-state index contributed by atoms with van der Waals surface area (Å²) in [5.41, 5.74) is 5.45. The molecule has 0 bridgehead atoms. The van der Waals surface area contributed by atoms with Crippen LogP contribution in [0.3, 0.4) is 0 Å². The van der Waals surface area contributed by atoms with Crippen molar-refractivity contribution in [1.29, 1.82) is 5.26 Å². The number of fused-ring (bicyclic) bond motifs is 1. The molecular formula is C28H33N3O. The molecule has 2 aliphatic rings. The normalized spacial score (nSPS) is 18.1. The molecule has 4 nitrogen and oxygen atoms in total. The van der Waals surface area contributed by atoms with Gasteiger partial charge in [-0.1, -0.05) is 55.7 Å². The van der Waals surface area contributed by atoms with Gasteiger partial charge in [-0.2, -0.15) is 5.26 Å². The van der Waals surface area contributed by atoms with E-state index < -0.39 is 0 Å². The largest absolute Gasteiger partial charge is 0.347 e. The number of hydrogen-bond donors (Lipinski definition) is 1. The van der Waals surface area contributed by atoms with Crippen molar-refractivity contribution >= 4 is 12.0 Å². The molecule has 1 aliphatic carbocycles. The van der Waals surface area contributed by atoms with E-state index >= 15 is 0 Å². The van der Waals surface area contributed by atoms with Gasteiger partial charge in [0.25, 0.3) is 0 Å². The molecule has 0 unspecified atom stereocenters. The molecular weight excluding hydrogens is 394 g/mol. The van der Waals surface area contributed by atoms with Gasteiger partial charge >= 0.3 is 0 Å². The van der Waals surface area contributed by atoms with Crippen LogP contribution in [0.15, 0.2) is 48.5 Å². The summed E-state index contributed by atoms with van der Waals surface area (Å²) < 4.78 is 0. The maximum Gasteiger partial charge on any atom is 0.244 e. The van der Waals surface area contributed by atoms with Crippen molar-refractivity contribution in [2.24, 2.45) is 0 Å². The Morgan fingerprint density at radius 3 is 2.69 bits per heavy atom. The van der Waals surface area contributed by atoms with Gasteiger partial charge in [0.1, 0.15) is 0 Å². The average molecular weight is 428 g/mol. The van der Waals surface area contributed by atoms with E-state index in [2.05, 4.69) is 28.4 Å². The molecule has 0 aromatic heterocycles. The van der Waals surface area contributed by atoms with Crippen molar-refractivity contribution < 1.29 is 4.79 Å². The van der Waals surface area contributed by atoms with Crippen LogP contribution < -0.4 is 5.32 Å². The number of rotatable bonds is 6. The minimum atomic E-state index is -0.109. The van der Waals surface area contributed by atoms with Gasteiger partial charge in [0.15, 0.2) is 0 Å². The Kier molecular flexibility index (Phi) is 7.07. The van der Waals surface area contributed by atoms with E-state index in [1.807, 2.05) is 43.3 Å². The number of carbonyl (C=O) groups is 1. The topological polar surface area (TPSA) is 56.1 Å². The van der Waals surface area contributed by atoms with Crippen LogP contribution in [0.2, 0.25) is 0 Å². The van der Waals surface area contributed by atoms with Crippen LogP contribution in [0.5, 0.6) is 0 Å². The lowest BCUT2D eigenvalue weighted by Crippen LogP contribution is -2.51. The zero-order valence-electron chi connectivity index (χ0n) is 19.1. The summed E-state index contributed by atoms with van der Waals surface area (Å²) in [6, 6.07) is 16.5. The van der Waals surface area contributed by atoms with Crippen molar-refractivity contribution in [1.82, 2.24) is 10.2 Å². The number of benzene rings is 2. The van der Waals surface area contributed by atoms with Crippen molar-refractivity contribution in [3.8, 4) is 6.07 Å². The minimum absolute atomic E-state index is 0.00822. The summed E-state index contributed by atoms with van der Waals surface area (Å²) in [5, 5.41) is 12.8. The summed E-state index contributed by atoms with van der Waals surface area (Å²) in [5.74, 6) is 0.00822. The number of nitriles is 1. The summed E-state index contributed by atoms with van der Waals surface area (Å²) in [6.07, 6.45) is 11.3. The first-order valence-electron chi connectivity index (χ1n) is 11.9. The fourth-order valence-corrected chi connectivity index (χ4v) is 5.18. The molecule has 0 atom stereocenters. The Labute approximate surface area is 191 Å². The number of hydrogen-bond acceptors (Lipinski definition) is 3. The van der Waals surface area contributed by atoms with Crippen LogP contribution >= 0.6 is 0 Å². The summed E-state index contributed by atoms with van der Waals surface area (Å²) in [7, 11) is 0. The Morgan fingerprint density at radius 1 is 1.16 bits per heavy atom. The summed E-state index contributed by atoms with van der Waals surface area (Å²) in [4.78, 5) is 15.3. The minimum Gasteiger partial charge on any atom is -0.347 e. The molecule has 0 saturated heterocycles. The van der Waals surface area contributed by atoms with Gasteiger partial charge in [-0.25, -0.2) is 0 Å². The predicted molar refractivity (Wildman–Crippen MR) is 129 cm³/mol. The lowest BCUT2D eigenvalue weighted by Gasteiger charge is -2.40. The molecule has 0 radical (unpaired) electrons. The highest BCUT2D eigenvalue weighted by atomic mass is 16.1. The predicted octanol–water partition coefficient (Wildman–Crippen LogP) is 5.15. The zero-order valence-corrected chi connectivity index (χ0v) is 19.1. The zero-order chi connectivity index (χ0) is 22.4. The molecule has 1 amide bonds. The Balaban J connectivity index is 1.39. The van der Waals surface area contributed by atoms with Gasteiger partial charge in [-0.15, -0.1) is 0 Å². The Hall–Kier alpha value is -2.90. The monoisotopic (exact) mass is 427 g/mol. The van der Waals surface area contributed by atoms with E-state index in [9.17, 15) is 10.1 Å². The molecule has 4 heteroatoms. The SMILES string of the molecule is Cc1cc2c(cc1C#N)CN(CCC1(NC(=O)/C=C/c3ccccc3)CCCCC1)CC2. The third-order valence-electron chi connectivity index (χ3n) is 7.09. The van der Waals surface area contributed by atoms with Gasteiger partial charge < -0.3 is 5.32 Å². The quantitative estimate of drug-likeness (QED) is 0.649. The van der Waals surface area contributed by atoms with Gasteiger partial charge in [-0.3, -0.25) is 9.69 Å². The van der Waals surface area contributed by atoms with E-state index in [1.54, 1.807) is 6.08 Å². The van der Waals surface area contributed by atoms with Crippen molar-refractivity contribution in [2.45, 2.75) is 64.0 Å². The first kappa shape index (κ1) is 22.3. The van der Waals surface area contributed by atoms with E-state index in [0.717, 1.165) is 62.0 Å². The van der Waals surface area contributed by atoms with E-state index in [1.165, 1.54) is 30.4 Å². The molecule has 2 aromatic rings. The molecule has 32 heavy (non-hydrogen) atoms. The first-order chi connectivity index (χ1) is 15.6. The van der Waals surface area contributed by atoms with Gasteiger partial charge in [-0.05, 0) is 67.0 Å². The lowest BCUT2D eigenvalue weighted by atomic mass is 9.79. The highest BCUT2D eigenvalue weighted by Gasteiger charge is 2.33. The summed E-state index contributed by atoms with van der Waals surface area (Å²) in [6.45, 7) is 4.92. The van der Waals surface area contributed by atoms with Crippen LogP contribution in [0.4, 0.5) is 0 Å². The molecule has 166 valence electrons. The van der Waals surface area contributed by atoms with Crippen molar-refractivity contribution in [2.75, 3.05) is 13.1 Å². The fraction of sp³-hybridized carbons (Fsp3) is 0.429. The van der Waals surface area contributed by atoms with Crippen molar-refractivity contribution in [3.05, 3.63) is 76.4 Å². The number of nitrogens with one attached hydrogen (secondary N) is 1. The van der Waals surface area contributed by atoms with E-state index in [0.29, 0.717) is 0 Å². The van der Waals surface area contributed by atoms with Gasteiger partial charge in [0, 0.05) is 31.2 Å². The second-order valence-electron chi connectivity index (χ2n) is 9.40. The third kappa shape index (κ3) is 5.47. The molecule has 4 rings (SSSR count). The first-order valence-corrected chi connectivity index (χ1v) is 11.9. The van der Waals surface area contributed by atoms with Crippen LogP contribution in [-0.2, 0) is 17.8 Å². The fourth-order valence-electron chi connectivity index (χ4n) is 5.18. The van der Waals surface area contributed by atoms with Crippen molar-refractivity contribution in [3.63, 3.8) is 0 Å². The smallest absolute Gasteiger partial charge is 0.244 e. The lowest BCUT2D eigenvalue weighted by molar-refractivity contribution is -0.118. The van der Waals surface area contributed by atoms with Crippen LogP contribution in [0, 0.1) is 18.3 Å². The number of amides is 1. The van der Waals surface area contributed by atoms with Gasteiger partial charge in [0.05, 0.1) is 11.6 Å². The third-order valence-corrected chi connectivity index (χ3v) is 7.09. The van der Waals surface area contributed by atoms with E-state index in [-0.39, 0.29) is 11.4 Å². The van der Waals surface area contributed by atoms with Crippen LogP contribution in [0.1, 0.15) is 66.3 Å². The maximum atomic E-state index is 12.8. The second-order valence-corrected chi connectivity index (χ2v) is 9.40. The van der Waals surface area contributed by atoms with Crippen LogP contribution in [0.25, 0.3) is 6.08 Å². The molecule has 1 fully saturated rings. The average Bonchev–Trinajstić information content (AvgIpc) is 2.82. The molecule has 2 aromatic carbocycles. The molecule has 1 N–H and O–H groups in total. The second kappa shape index (κ2) is 10.1. The van der Waals surface area contributed by atoms with E-state index in [4.69, 9.17) is 0 Å². The number of nitrogens with zero attached hydrogens (tertiary/aromatic N) is 2. The highest BCUT2D eigenvalue weighted by Crippen LogP contribution is 2.32. The molecule has 0 spiro atoms. The molecule has 1 saturated carbocycles. The number of aryl methyl sites for hydroxylation is 1. The van der Waals surface area contributed by atoms with Crippen LogP contribution in [-0.4, -0.2) is 29.4 Å². The highest BCUT2D eigenvalue weighted by molar-refractivity contribution is 5.92.